The summed E-state index contributed by atoms with van der Waals surface area (Å²) < 4.78 is 16.6. The van der Waals surface area contributed by atoms with Crippen LogP contribution in [-0.4, -0.2) is 31.2 Å². The van der Waals surface area contributed by atoms with E-state index in [1.54, 1.807) is 32.4 Å². The van der Waals surface area contributed by atoms with Crippen LogP contribution >= 0.6 is 0 Å². The van der Waals surface area contributed by atoms with Crippen LogP contribution in [0.5, 0.6) is 17.2 Å². The minimum atomic E-state index is -0.191. The number of amides is 2. The molecule has 0 bridgehead atoms. The summed E-state index contributed by atoms with van der Waals surface area (Å²) >= 11 is 0. The Balaban J connectivity index is 1.72. The van der Waals surface area contributed by atoms with E-state index in [0.717, 1.165) is 23.3 Å². The number of benzene rings is 3. The molecule has 1 unspecified atom stereocenters. The number of hydrogen-bond donors (Lipinski definition) is 1. The second-order valence-corrected chi connectivity index (χ2v) is 7.80. The van der Waals surface area contributed by atoms with Gasteiger partial charge in [0.05, 0.1) is 19.9 Å². The van der Waals surface area contributed by atoms with Gasteiger partial charge in [-0.05, 0) is 48.7 Å². The molecule has 0 spiro atoms. The molecule has 0 aliphatic heterocycles. The van der Waals surface area contributed by atoms with Crippen molar-refractivity contribution in [3.05, 3.63) is 83.9 Å². The van der Waals surface area contributed by atoms with Gasteiger partial charge in [0.25, 0.3) is 0 Å². The van der Waals surface area contributed by atoms with Crippen LogP contribution in [0, 0.1) is 0 Å². The van der Waals surface area contributed by atoms with E-state index >= 15 is 0 Å². The molecule has 33 heavy (non-hydrogen) atoms. The highest BCUT2D eigenvalue weighted by atomic mass is 16.5. The van der Waals surface area contributed by atoms with Crippen LogP contribution in [0.25, 0.3) is 0 Å². The zero-order chi connectivity index (χ0) is 23.6. The minimum Gasteiger partial charge on any atom is -0.497 e. The molecule has 3 rings (SSSR count). The van der Waals surface area contributed by atoms with Crippen molar-refractivity contribution in [2.75, 3.05) is 19.5 Å². The fourth-order valence-electron chi connectivity index (χ4n) is 3.41. The van der Waals surface area contributed by atoms with Crippen molar-refractivity contribution >= 4 is 11.7 Å². The second kappa shape index (κ2) is 11.8. The maximum absolute atomic E-state index is 13.2. The zero-order valence-corrected chi connectivity index (χ0v) is 19.7. The Hall–Kier alpha value is -3.67. The van der Waals surface area contributed by atoms with Gasteiger partial charge in [0.2, 0.25) is 0 Å². The summed E-state index contributed by atoms with van der Waals surface area (Å²) in [5.74, 6) is 1.98. The molecule has 3 aromatic carbocycles. The van der Waals surface area contributed by atoms with Crippen molar-refractivity contribution in [3.8, 4) is 17.2 Å². The lowest BCUT2D eigenvalue weighted by molar-refractivity contribution is 0.186. The largest absolute Gasteiger partial charge is 0.497 e. The summed E-state index contributed by atoms with van der Waals surface area (Å²) in [5.41, 5.74) is 2.70. The predicted molar refractivity (Wildman–Crippen MR) is 131 cm³/mol. The van der Waals surface area contributed by atoms with Crippen LogP contribution in [0.15, 0.2) is 72.8 Å². The van der Waals surface area contributed by atoms with E-state index in [4.69, 9.17) is 14.2 Å². The van der Waals surface area contributed by atoms with Crippen molar-refractivity contribution in [2.45, 2.75) is 39.5 Å². The van der Waals surface area contributed by atoms with Crippen molar-refractivity contribution in [3.63, 3.8) is 0 Å². The van der Waals surface area contributed by atoms with Crippen LogP contribution < -0.4 is 19.5 Å². The number of rotatable bonds is 10. The summed E-state index contributed by atoms with van der Waals surface area (Å²) in [5, 5.41) is 2.98. The molecule has 0 fully saturated rings. The van der Waals surface area contributed by atoms with Gasteiger partial charge in [-0.1, -0.05) is 49.4 Å². The summed E-state index contributed by atoms with van der Waals surface area (Å²) in [6, 6.07) is 23.1. The Morgan fingerprint density at radius 2 is 1.67 bits per heavy atom. The van der Waals surface area contributed by atoms with Gasteiger partial charge in [-0.15, -0.1) is 0 Å². The molecule has 6 heteroatoms. The lowest BCUT2D eigenvalue weighted by Gasteiger charge is -2.29. The number of ether oxygens (including phenoxy) is 3. The van der Waals surface area contributed by atoms with Crippen molar-refractivity contribution in [2.24, 2.45) is 0 Å². The Morgan fingerprint density at radius 1 is 0.909 bits per heavy atom. The number of urea groups is 1. The van der Waals surface area contributed by atoms with E-state index < -0.39 is 0 Å². The number of anilines is 1. The SMILES string of the molecule is CCC(C)N(Cc1cccc(OCc2ccccc2)c1)C(=O)Nc1ccc(OC)cc1OC. The van der Waals surface area contributed by atoms with Crippen LogP contribution in [0.1, 0.15) is 31.4 Å². The van der Waals surface area contributed by atoms with Crippen molar-refractivity contribution < 1.29 is 19.0 Å². The standard InChI is InChI=1S/C27H32N2O4/c1-5-20(2)29(27(30)28-25-15-14-23(31-3)17-26(25)32-4)18-22-12-9-13-24(16-22)33-19-21-10-7-6-8-11-21/h6-17,20H,5,18-19H2,1-4H3,(H,28,30). The molecule has 6 nitrogen and oxygen atoms in total. The smallest absolute Gasteiger partial charge is 0.322 e. The molecule has 0 aromatic heterocycles. The van der Waals surface area contributed by atoms with E-state index in [9.17, 15) is 4.79 Å². The van der Waals surface area contributed by atoms with Crippen LogP contribution in [-0.2, 0) is 13.2 Å². The summed E-state index contributed by atoms with van der Waals surface area (Å²) in [6.07, 6.45) is 0.831. The number of nitrogens with zero attached hydrogens (tertiary/aromatic N) is 1. The normalized spacial score (nSPS) is 11.4. The molecule has 0 aliphatic carbocycles. The van der Waals surface area contributed by atoms with Gasteiger partial charge in [0.15, 0.2) is 0 Å². The first-order chi connectivity index (χ1) is 16.0. The lowest BCUT2D eigenvalue weighted by Crippen LogP contribution is -2.40. The van der Waals surface area contributed by atoms with E-state index in [1.165, 1.54) is 0 Å². The van der Waals surface area contributed by atoms with Gasteiger partial charge in [0, 0.05) is 18.7 Å². The molecule has 2 amide bonds. The molecule has 3 aromatic rings. The van der Waals surface area contributed by atoms with Gasteiger partial charge in [0.1, 0.15) is 23.9 Å². The number of carbonyl (C=O) groups is 1. The molecular formula is C27H32N2O4. The first kappa shape index (κ1) is 24.0. The third-order valence-corrected chi connectivity index (χ3v) is 5.53. The molecule has 0 saturated heterocycles. The van der Waals surface area contributed by atoms with Crippen LogP contribution in [0.3, 0.4) is 0 Å². The van der Waals surface area contributed by atoms with Crippen molar-refractivity contribution in [1.82, 2.24) is 4.90 Å². The zero-order valence-electron chi connectivity index (χ0n) is 19.7. The fraction of sp³-hybridized carbons (Fsp3) is 0.296. The number of hydrogen-bond acceptors (Lipinski definition) is 4. The van der Waals surface area contributed by atoms with Gasteiger partial charge in [-0.2, -0.15) is 0 Å². The van der Waals surface area contributed by atoms with E-state index in [2.05, 4.69) is 12.2 Å². The highest BCUT2D eigenvalue weighted by Gasteiger charge is 2.21. The van der Waals surface area contributed by atoms with Gasteiger partial charge in [-0.25, -0.2) is 4.79 Å². The van der Waals surface area contributed by atoms with Gasteiger partial charge < -0.3 is 24.4 Å². The van der Waals surface area contributed by atoms with Gasteiger partial charge in [-0.3, -0.25) is 0 Å². The monoisotopic (exact) mass is 448 g/mol. The third-order valence-electron chi connectivity index (χ3n) is 5.53. The fourth-order valence-corrected chi connectivity index (χ4v) is 3.41. The maximum Gasteiger partial charge on any atom is 0.322 e. The number of nitrogens with one attached hydrogen (secondary N) is 1. The first-order valence-corrected chi connectivity index (χ1v) is 11.1. The highest BCUT2D eigenvalue weighted by molar-refractivity contribution is 5.91. The Labute approximate surface area is 196 Å². The second-order valence-electron chi connectivity index (χ2n) is 7.80. The minimum absolute atomic E-state index is 0.0446. The van der Waals surface area contributed by atoms with E-state index in [-0.39, 0.29) is 12.1 Å². The highest BCUT2D eigenvalue weighted by Crippen LogP contribution is 2.29. The molecule has 0 saturated carbocycles. The molecule has 1 atom stereocenters. The van der Waals surface area contributed by atoms with Crippen molar-refractivity contribution in [1.29, 1.82) is 0 Å². The molecular weight excluding hydrogens is 416 g/mol. The summed E-state index contributed by atoms with van der Waals surface area (Å²) in [6.45, 7) is 5.07. The predicted octanol–water partition coefficient (Wildman–Crippen LogP) is 6.12. The Bertz CT molecular complexity index is 1040. The third kappa shape index (κ3) is 6.65. The van der Waals surface area contributed by atoms with Crippen LogP contribution in [0.2, 0.25) is 0 Å². The van der Waals surface area contributed by atoms with E-state index in [1.807, 2.05) is 66.4 Å². The quantitative estimate of drug-likeness (QED) is 0.406. The average Bonchev–Trinajstić information content (AvgIpc) is 2.86. The van der Waals surface area contributed by atoms with Crippen LogP contribution in [0.4, 0.5) is 10.5 Å². The molecule has 1 N–H and O–H groups in total. The summed E-state index contributed by atoms with van der Waals surface area (Å²) in [7, 11) is 3.16. The first-order valence-electron chi connectivity index (χ1n) is 11.1. The van der Waals surface area contributed by atoms with E-state index in [0.29, 0.717) is 30.3 Å². The number of methoxy groups -OCH3 is 2. The molecule has 0 heterocycles. The van der Waals surface area contributed by atoms with Gasteiger partial charge >= 0.3 is 6.03 Å². The topological polar surface area (TPSA) is 60.0 Å². The average molecular weight is 449 g/mol. The Morgan fingerprint density at radius 3 is 2.36 bits per heavy atom. The maximum atomic E-state index is 13.2. The molecule has 174 valence electrons. The lowest BCUT2D eigenvalue weighted by atomic mass is 10.1. The summed E-state index contributed by atoms with van der Waals surface area (Å²) in [4.78, 5) is 15.1. The molecule has 0 aliphatic rings. The number of carbonyl (C=O) groups excluding carboxylic acids is 1. The molecule has 0 radical (unpaired) electrons. The Kier molecular flexibility index (Phi) is 8.58.